The SMILES string of the molecule is c1ccc(-c2nc(-c3ccc4c(c3)oc3ccccc34)nc(-c3ccc4c(c3)oc3ccc5c6ccccc6n(-c6ccccc6)c5c34)n2)cc1. The number of nitrogens with zero attached hydrogens (tertiary/aromatic N) is 4. The summed E-state index contributed by atoms with van der Waals surface area (Å²) in [7, 11) is 0. The van der Waals surface area contributed by atoms with E-state index in [0.717, 1.165) is 77.3 Å². The summed E-state index contributed by atoms with van der Waals surface area (Å²) in [5, 5.41) is 6.64. The molecule has 0 aliphatic carbocycles. The maximum atomic E-state index is 6.62. The molecule has 0 saturated carbocycles. The molecule has 0 radical (unpaired) electrons. The Hall–Kier alpha value is -7.05. The van der Waals surface area contributed by atoms with Gasteiger partial charge < -0.3 is 13.4 Å². The molecule has 6 nitrogen and oxygen atoms in total. The maximum absolute atomic E-state index is 6.62. The molecule has 6 heteroatoms. The number of hydrogen-bond acceptors (Lipinski definition) is 5. The molecule has 0 aliphatic heterocycles. The molecule has 0 spiro atoms. The standard InChI is InChI=1S/C45H26N4O2/c1-3-11-27(12-4-1)43-46-44(28-19-21-33-32-16-8-10-18-37(32)50-39(33)25-28)48-45(47-43)29-20-22-35-40(26-29)51-38-24-23-34-31-15-7-9-17-36(31)49(42(34)41(35)38)30-13-5-2-6-14-30/h1-26H. The molecule has 11 rings (SSSR count). The Morgan fingerprint density at radius 1 is 0.373 bits per heavy atom. The van der Waals surface area contributed by atoms with Crippen LogP contribution in [0.25, 0.3) is 106 Å². The van der Waals surface area contributed by atoms with E-state index in [0.29, 0.717) is 17.5 Å². The molecule has 0 saturated heterocycles. The summed E-state index contributed by atoms with van der Waals surface area (Å²) in [5.41, 5.74) is 9.23. The number of fused-ring (bicyclic) bond motifs is 10. The highest BCUT2D eigenvalue weighted by molar-refractivity contribution is 6.24. The molecule has 7 aromatic carbocycles. The fraction of sp³-hybridized carbons (Fsp3) is 0. The van der Waals surface area contributed by atoms with E-state index in [-0.39, 0.29) is 0 Å². The third kappa shape index (κ3) is 4.26. The first-order valence-electron chi connectivity index (χ1n) is 16.9. The molecule has 0 unspecified atom stereocenters. The van der Waals surface area contributed by atoms with Crippen LogP contribution >= 0.6 is 0 Å². The summed E-state index contributed by atoms with van der Waals surface area (Å²) < 4.78 is 15.2. The van der Waals surface area contributed by atoms with Crippen molar-refractivity contribution in [1.29, 1.82) is 0 Å². The highest BCUT2D eigenvalue weighted by Crippen LogP contribution is 2.42. The third-order valence-corrected chi connectivity index (χ3v) is 9.85. The molecule has 0 bridgehead atoms. The van der Waals surface area contributed by atoms with Crippen LogP contribution in [-0.2, 0) is 0 Å². The quantitative estimate of drug-likeness (QED) is 0.189. The van der Waals surface area contributed by atoms with Crippen molar-refractivity contribution in [3.8, 4) is 39.9 Å². The number of para-hydroxylation sites is 3. The maximum Gasteiger partial charge on any atom is 0.164 e. The van der Waals surface area contributed by atoms with Gasteiger partial charge in [0.25, 0.3) is 0 Å². The van der Waals surface area contributed by atoms with Crippen LogP contribution < -0.4 is 0 Å². The van der Waals surface area contributed by atoms with Crippen LogP contribution in [0.2, 0.25) is 0 Å². The lowest BCUT2D eigenvalue weighted by molar-refractivity contribution is 0.669. The summed E-state index contributed by atoms with van der Waals surface area (Å²) in [6.45, 7) is 0. The first-order chi connectivity index (χ1) is 25.3. The van der Waals surface area contributed by atoms with Crippen LogP contribution in [0.4, 0.5) is 0 Å². The first-order valence-corrected chi connectivity index (χ1v) is 16.9. The van der Waals surface area contributed by atoms with Gasteiger partial charge in [-0.2, -0.15) is 0 Å². The highest BCUT2D eigenvalue weighted by atomic mass is 16.3. The summed E-state index contributed by atoms with van der Waals surface area (Å²) in [6, 6.07) is 53.9. The molecule has 0 aliphatic rings. The van der Waals surface area contributed by atoms with E-state index in [2.05, 4.69) is 102 Å². The van der Waals surface area contributed by atoms with Gasteiger partial charge in [-0.3, -0.25) is 0 Å². The average molecular weight is 655 g/mol. The normalized spacial score (nSPS) is 11.9. The van der Waals surface area contributed by atoms with Crippen molar-refractivity contribution in [1.82, 2.24) is 19.5 Å². The minimum atomic E-state index is 0.564. The molecule has 0 amide bonds. The zero-order chi connectivity index (χ0) is 33.5. The van der Waals surface area contributed by atoms with Gasteiger partial charge in [-0.05, 0) is 60.7 Å². The highest BCUT2D eigenvalue weighted by Gasteiger charge is 2.20. The molecule has 0 fully saturated rings. The summed E-state index contributed by atoms with van der Waals surface area (Å²) in [6.07, 6.45) is 0. The molecule has 0 N–H and O–H groups in total. The second-order valence-electron chi connectivity index (χ2n) is 12.8. The third-order valence-electron chi connectivity index (χ3n) is 9.85. The van der Waals surface area contributed by atoms with Crippen LogP contribution in [0.3, 0.4) is 0 Å². The van der Waals surface area contributed by atoms with Gasteiger partial charge in [0.15, 0.2) is 17.5 Å². The Morgan fingerprint density at radius 3 is 1.69 bits per heavy atom. The molecule has 238 valence electrons. The molecular formula is C45H26N4O2. The number of furan rings is 2. The van der Waals surface area contributed by atoms with Gasteiger partial charge in [0.05, 0.1) is 16.4 Å². The van der Waals surface area contributed by atoms with E-state index < -0.39 is 0 Å². The molecule has 11 aromatic rings. The van der Waals surface area contributed by atoms with Crippen LogP contribution in [0.15, 0.2) is 167 Å². The minimum absolute atomic E-state index is 0.564. The lowest BCUT2D eigenvalue weighted by Crippen LogP contribution is -2.00. The van der Waals surface area contributed by atoms with Crippen LogP contribution in [0.1, 0.15) is 0 Å². The summed E-state index contributed by atoms with van der Waals surface area (Å²) in [5.74, 6) is 1.73. The Morgan fingerprint density at radius 2 is 0.922 bits per heavy atom. The van der Waals surface area contributed by atoms with Crippen molar-refractivity contribution < 1.29 is 8.83 Å². The molecule has 4 heterocycles. The van der Waals surface area contributed by atoms with E-state index in [4.69, 9.17) is 23.8 Å². The number of aromatic nitrogens is 4. The Kier molecular flexibility index (Phi) is 5.86. The van der Waals surface area contributed by atoms with Crippen LogP contribution in [0, 0.1) is 0 Å². The Bertz CT molecular complexity index is 3140. The van der Waals surface area contributed by atoms with Gasteiger partial charge in [0, 0.05) is 49.3 Å². The number of rotatable bonds is 4. The average Bonchev–Trinajstić information content (AvgIpc) is 3.87. The van der Waals surface area contributed by atoms with Gasteiger partial charge in [0.2, 0.25) is 0 Å². The molecule has 0 atom stereocenters. The van der Waals surface area contributed by atoms with Crippen molar-refractivity contribution in [3.63, 3.8) is 0 Å². The van der Waals surface area contributed by atoms with Crippen LogP contribution in [-0.4, -0.2) is 19.5 Å². The predicted molar refractivity (Wildman–Crippen MR) is 205 cm³/mol. The fourth-order valence-electron chi connectivity index (χ4n) is 7.52. The number of benzene rings is 7. The Labute approximate surface area is 290 Å². The second kappa shape index (κ2) is 10.7. The fourth-order valence-corrected chi connectivity index (χ4v) is 7.52. The van der Waals surface area contributed by atoms with Crippen molar-refractivity contribution >= 4 is 65.7 Å². The zero-order valence-electron chi connectivity index (χ0n) is 27.1. The molecule has 4 aromatic heterocycles. The van der Waals surface area contributed by atoms with Crippen molar-refractivity contribution in [3.05, 3.63) is 158 Å². The lowest BCUT2D eigenvalue weighted by atomic mass is 10.1. The van der Waals surface area contributed by atoms with Gasteiger partial charge in [0.1, 0.15) is 22.3 Å². The Balaban J connectivity index is 1.12. The summed E-state index contributed by atoms with van der Waals surface area (Å²) in [4.78, 5) is 15.0. The zero-order valence-corrected chi connectivity index (χ0v) is 27.1. The second-order valence-corrected chi connectivity index (χ2v) is 12.8. The van der Waals surface area contributed by atoms with Gasteiger partial charge in [-0.1, -0.05) is 97.1 Å². The number of hydrogen-bond donors (Lipinski definition) is 0. The first kappa shape index (κ1) is 27.9. The van der Waals surface area contributed by atoms with E-state index in [1.54, 1.807) is 0 Å². The monoisotopic (exact) mass is 654 g/mol. The van der Waals surface area contributed by atoms with Crippen molar-refractivity contribution in [2.45, 2.75) is 0 Å². The lowest BCUT2D eigenvalue weighted by Gasteiger charge is -2.09. The topological polar surface area (TPSA) is 69.9 Å². The summed E-state index contributed by atoms with van der Waals surface area (Å²) >= 11 is 0. The van der Waals surface area contributed by atoms with Crippen molar-refractivity contribution in [2.75, 3.05) is 0 Å². The largest absolute Gasteiger partial charge is 0.456 e. The van der Waals surface area contributed by atoms with E-state index >= 15 is 0 Å². The van der Waals surface area contributed by atoms with E-state index in [1.807, 2.05) is 60.7 Å². The van der Waals surface area contributed by atoms with Gasteiger partial charge >= 0.3 is 0 Å². The minimum Gasteiger partial charge on any atom is -0.456 e. The van der Waals surface area contributed by atoms with E-state index in [9.17, 15) is 0 Å². The predicted octanol–water partition coefficient (Wildman–Crippen LogP) is 11.8. The molecular weight excluding hydrogens is 629 g/mol. The van der Waals surface area contributed by atoms with Gasteiger partial charge in [-0.15, -0.1) is 0 Å². The van der Waals surface area contributed by atoms with Gasteiger partial charge in [-0.25, -0.2) is 15.0 Å². The smallest absolute Gasteiger partial charge is 0.164 e. The van der Waals surface area contributed by atoms with Crippen molar-refractivity contribution in [2.24, 2.45) is 0 Å². The van der Waals surface area contributed by atoms with E-state index in [1.165, 1.54) is 10.8 Å². The molecule has 51 heavy (non-hydrogen) atoms. The van der Waals surface area contributed by atoms with Crippen LogP contribution in [0.5, 0.6) is 0 Å².